The summed E-state index contributed by atoms with van der Waals surface area (Å²) in [5.41, 5.74) is 1.03. The Bertz CT molecular complexity index is 444. The molecule has 84 valence electrons. The van der Waals surface area contributed by atoms with Gasteiger partial charge in [0.05, 0.1) is 19.8 Å². The molecule has 2 aliphatic heterocycles. The van der Waals surface area contributed by atoms with Gasteiger partial charge in [-0.15, -0.1) is 0 Å². The van der Waals surface area contributed by atoms with Crippen molar-refractivity contribution >= 4 is 5.91 Å². The third-order valence-corrected chi connectivity index (χ3v) is 3.24. The van der Waals surface area contributed by atoms with Crippen LogP contribution in [0.1, 0.15) is 18.0 Å². The van der Waals surface area contributed by atoms with Gasteiger partial charge in [-0.2, -0.15) is 0 Å². The third-order valence-electron chi connectivity index (χ3n) is 3.24. The fraction of sp³-hybridized carbons (Fsp3) is 0.417. The van der Waals surface area contributed by atoms with Crippen LogP contribution in [-0.2, 0) is 4.79 Å². The molecule has 0 aromatic heterocycles. The first-order valence-corrected chi connectivity index (χ1v) is 5.38. The molecule has 1 amide bonds. The van der Waals surface area contributed by atoms with Crippen molar-refractivity contribution in [2.24, 2.45) is 5.92 Å². The molecule has 0 saturated carbocycles. The normalized spacial score (nSPS) is 26.4. The molecule has 16 heavy (non-hydrogen) atoms. The van der Waals surface area contributed by atoms with Gasteiger partial charge in [-0.3, -0.25) is 4.79 Å². The van der Waals surface area contributed by atoms with Crippen LogP contribution in [-0.4, -0.2) is 19.6 Å². The molecule has 0 bridgehead atoms. The van der Waals surface area contributed by atoms with Gasteiger partial charge in [-0.25, -0.2) is 0 Å². The van der Waals surface area contributed by atoms with E-state index in [1.54, 1.807) is 7.11 Å². The van der Waals surface area contributed by atoms with E-state index in [-0.39, 0.29) is 17.9 Å². The number of methoxy groups -OCH3 is 1. The molecular formula is C12H13NO3. The Hall–Kier alpha value is -1.71. The van der Waals surface area contributed by atoms with Gasteiger partial charge in [0.25, 0.3) is 0 Å². The van der Waals surface area contributed by atoms with Gasteiger partial charge in [0.15, 0.2) is 11.5 Å². The lowest BCUT2D eigenvalue weighted by Gasteiger charge is -2.28. The summed E-state index contributed by atoms with van der Waals surface area (Å²) in [7, 11) is 1.62. The molecule has 1 aromatic rings. The Kier molecular flexibility index (Phi) is 2.02. The van der Waals surface area contributed by atoms with Crippen molar-refractivity contribution in [3.63, 3.8) is 0 Å². The highest BCUT2D eigenvalue weighted by atomic mass is 16.5. The largest absolute Gasteiger partial charge is 0.493 e. The summed E-state index contributed by atoms with van der Waals surface area (Å²) in [5.74, 6) is 1.87. The molecule has 1 fully saturated rings. The second kappa shape index (κ2) is 3.40. The highest BCUT2D eigenvalue weighted by molar-refractivity contribution is 5.80. The first-order chi connectivity index (χ1) is 7.79. The number of rotatable bonds is 1. The van der Waals surface area contributed by atoms with Gasteiger partial charge in [0, 0.05) is 17.9 Å². The van der Waals surface area contributed by atoms with Crippen LogP contribution in [0.4, 0.5) is 0 Å². The Labute approximate surface area is 93.5 Å². The number of amides is 1. The first-order valence-electron chi connectivity index (χ1n) is 5.38. The minimum absolute atomic E-state index is 0.0892. The van der Waals surface area contributed by atoms with E-state index in [0.717, 1.165) is 17.1 Å². The number of carbonyl (C=O) groups is 1. The number of benzene rings is 1. The maximum absolute atomic E-state index is 11.4. The van der Waals surface area contributed by atoms with Crippen molar-refractivity contribution in [3.8, 4) is 11.5 Å². The fourth-order valence-electron chi connectivity index (χ4n) is 2.48. The summed E-state index contributed by atoms with van der Waals surface area (Å²) in [6.45, 7) is 0.580. The number of para-hydroxylation sites is 1. The van der Waals surface area contributed by atoms with Gasteiger partial charge in [0.2, 0.25) is 5.91 Å². The molecule has 0 spiro atoms. The standard InChI is InChI=1S/C12H13NO3/c1-15-9-4-2-3-8-11-7(5-10(14)13-11)6-16-12(8)9/h2-4,7,11H,5-6H2,1H3,(H,13,14)/t7-,11-/m0/s1. The molecule has 2 aliphatic rings. The maximum Gasteiger partial charge on any atom is 0.220 e. The van der Waals surface area contributed by atoms with Gasteiger partial charge in [-0.1, -0.05) is 12.1 Å². The predicted molar refractivity (Wildman–Crippen MR) is 57.5 cm³/mol. The van der Waals surface area contributed by atoms with Gasteiger partial charge < -0.3 is 14.8 Å². The summed E-state index contributed by atoms with van der Waals surface area (Å²) in [6.07, 6.45) is 0.557. The van der Waals surface area contributed by atoms with Crippen LogP contribution in [0.5, 0.6) is 11.5 Å². The molecule has 0 unspecified atom stereocenters. The molecule has 0 radical (unpaired) electrons. The van der Waals surface area contributed by atoms with E-state index in [1.807, 2.05) is 18.2 Å². The molecule has 0 aliphatic carbocycles. The van der Waals surface area contributed by atoms with Crippen LogP contribution in [0, 0.1) is 5.92 Å². The summed E-state index contributed by atoms with van der Waals surface area (Å²) < 4.78 is 10.9. The zero-order valence-corrected chi connectivity index (χ0v) is 9.03. The number of fused-ring (bicyclic) bond motifs is 3. The quantitative estimate of drug-likeness (QED) is 0.773. The average molecular weight is 219 g/mol. The van der Waals surface area contributed by atoms with E-state index >= 15 is 0 Å². The summed E-state index contributed by atoms with van der Waals surface area (Å²) >= 11 is 0. The number of ether oxygens (including phenoxy) is 2. The lowest BCUT2D eigenvalue weighted by atomic mass is 9.92. The topological polar surface area (TPSA) is 47.6 Å². The van der Waals surface area contributed by atoms with Gasteiger partial charge in [0.1, 0.15) is 0 Å². The summed E-state index contributed by atoms with van der Waals surface area (Å²) in [5, 5.41) is 2.99. The lowest BCUT2D eigenvalue weighted by Crippen LogP contribution is -2.28. The van der Waals surface area contributed by atoms with Crippen molar-refractivity contribution in [2.75, 3.05) is 13.7 Å². The van der Waals surface area contributed by atoms with Crippen molar-refractivity contribution in [3.05, 3.63) is 23.8 Å². The Morgan fingerprint density at radius 2 is 2.38 bits per heavy atom. The third kappa shape index (κ3) is 1.26. The van der Waals surface area contributed by atoms with E-state index < -0.39 is 0 Å². The van der Waals surface area contributed by atoms with Crippen LogP contribution in [0.2, 0.25) is 0 Å². The minimum Gasteiger partial charge on any atom is -0.493 e. The van der Waals surface area contributed by atoms with Gasteiger partial charge >= 0.3 is 0 Å². The minimum atomic E-state index is 0.0892. The van der Waals surface area contributed by atoms with Gasteiger partial charge in [-0.05, 0) is 6.07 Å². The molecule has 3 rings (SSSR count). The highest BCUT2D eigenvalue weighted by Gasteiger charge is 2.39. The number of nitrogens with one attached hydrogen (secondary N) is 1. The Morgan fingerprint density at radius 1 is 1.50 bits per heavy atom. The Morgan fingerprint density at radius 3 is 3.19 bits per heavy atom. The Balaban J connectivity index is 2.06. The van der Waals surface area contributed by atoms with E-state index in [1.165, 1.54) is 0 Å². The van der Waals surface area contributed by atoms with E-state index in [2.05, 4.69) is 5.32 Å². The number of hydrogen-bond donors (Lipinski definition) is 1. The second-order valence-electron chi connectivity index (χ2n) is 4.20. The van der Waals surface area contributed by atoms with Crippen LogP contribution >= 0.6 is 0 Å². The maximum atomic E-state index is 11.4. The molecule has 1 aromatic carbocycles. The predicted octanol–water partition coefficient (Wildman–Crippen LogP) is 1.26. The van der Waals surface area contributed by atoms with E-state index in [9.17, 15) is 4.79 Å². The highest BCUT2D eigenvalue weighted by Crippen LogP contribution is 2.44. The molecule has 1 saturated heterocycles. The van der Waals surface area contributed by atoms with Crippen molar-refractivity contribution in [1.29, 1.82) is 0 Å². The molecule has 2 atom stereocenters. The molecule has 2 heterocycles. The zero-order chi connectivity index (χ0) is 11.1. The van der Waals surface area contributed by atoms with E-state index in [4.69, 9.17) is 9.47 Å². The van der Waals surface area contributed by atoms with Crippen molar-refractivity contribution in [2.45, 2.75) is 12.5 Å². The average Bonchev–Trinajstić information content (AvgIpc) is 2.69. The second-order valence-corrected chi connectivity index (χ2v) is 4.20. The summed E-state index contributed by atoms with van der Waals surface area (Å²) in [6, 6.07) is 5.87. The smallest absolute Gasteiger partial charge is 0.220 e. The molecule has 4 heteroatoms. The van der Waals surface area contributed by atoms with Crippen molar-refractivity contribution < 1.29 is 14.3 Å². The van der Waals surface area contributed by atoms with Crippen LogP contribution < -0.4 is 14.8 Å². The number of hydrogen-bond acceptors (Lipinski definition) is 3. The summed E-state index contributed by atoms with van der Waals surface area (Å²) in [4.78, 5) is 11.4. The van der Waals surface area contributed by atoms with Crippen LogP contribution in [0.15, 0.2) is 18.2 Å². The van der Waals surface area contributed by atoms with Crippen molar-refractivity contribution in [1.82, 2.24) is 5.32 Å². The molecule has 1 N–H and O–H groups in total. The van der Waals surface area contributed by atoms with Crippen LogP contribution in [0.25, 0.3) is 0 Å². The monoisotopic (exact) mass is 219 g/mol. The molecular weight excluding hydrogens is 206 g/mol. The SMILES string of the molecule is COc1cccc2c1OC[C@@H]1CC(=O)N[C@H]21. The fourth-order valence-corrected chi connectivity index (χ4v) is 2.48. The zero-order valence-electron chi connectivity index (χ0n) is 9.03. The van der Waals surface area contributed by atoms with Crippen LogP contribution in [0.3, 0.4) is 0 Å². The molecule has 4 nitrogen and oxygen atoms in total. The number of carbonyl (C=O) groups excluding carboxylic acids is 1. The first kappa shape index (κ1) is 9.51. The lowest BCUT2D eigenvalue weighted by molar-refractivity contribution is -0.119. The van der Waals surface area contributed by atoms with E-state index in [0.29, 0.717) is 13.0 Å².